The van der Waals surface area contributed by atoms with Gasteiger partial charge >= 0.3 is 6.03 Å². The van der Waals surface area contributed by atoms with Crippen LogP contribution in [0.15, 0.2) is 40.8 Å². The predicted octanol–water partition coefficient (Wildman–Crippen LogP) is 2.86. The fourth-order valence-corrected chi connectivity index (χ4v) is 2.40. The largest absolute Gasteiger partial charge is 0.466 e. The molecule has 0 saturated carbocycles. The lowest BCUT2D eigenvalue weighted by Gasteiger charge is -2.15. The van der Waals surface area contributed by atoms with Crippen LogP contribution in [0.3, 0.4) is 0 Å². The van der Waals surface area contributed by atoms with Crippen molar-refractivity contribution in [2.45, 2.75) is 39.7 Å². The van der Waals surface area contributed by atoms with Gasteiger partial charge in [0.15, 0.2) is 0 Å². The molecule has 1 aromatic carbocycles. The summed E-state index contributed by atoms with van der Waals surface area (Å²) in [7, 11) is 0. The summed E-state index contributed by atoms with van der Waals surface area (Å²) in [4.78, 5) is 23.8. The minimum atomic E-state index is -0.443. The Kier molecular flexibility index (Phi) is 6.01. The summed E-state index contributed by atoms with van der Waals surface area (Å²) in [5.41, 5.74) is 6.36. The molecule has 0 fully saturated rings. The number of furan rings is 1. The first kappa shape index (κ1) is 17.6. The molecule has 1 heterocycles. The molecule has 0 aliphatic heterocycles. The van der Waals surface area contributed by atoms with Crippen LogP contribution in [-0.4, -0.2) is 18.0 Å². The van der Waals surface area contributed by atoms with Gasteiger partial charge in [0.05, 0.1) is 5.56 Å². The zero-order valence-electron chi connectivity index (χ0n) is 14.2. The number of nitrogens with one attached hydrogen (secondary N) is 3. The normalized spacial score (nSPS) is 11.6. The van der Waals surface area contributed by atoms with Crippen molar-refractivity contribution in [3.63, 3.8) is 0 Å². The number of hydrogen-bond acceptors (Lipinski definition) is 3. The van der Waals surface area contributed by atoms with Gasteiger partial charge in [-0.05, 0) is 45.2 Å². The van der Waals surface area contributed by atoms with Gasteiger partial charge in [-0.15, -0.1) is 0 Å². The zero-order valence-corrected chi connectivity index (χ0v) is 14.2. The summed E-state index contributed by atoms with van der Waals surface area (Å²) < 4.78 is 5.29. The van der Waals surface area contributed by atoms with Crippen LogP contribution in [-0.2, 0) is 6.42 Å². The smallest absolute Gasteiger partial charge is 0.333 e. The molecule has 0 bridgehead atoms. The Morgan fingerprint density at radius 1 is 1.12 bits per heavy atom. The molecule has 0 aliphatic rings. The summed E-state index contributed by atoms with van der Waals surface area (Å²) in [5.74, 6) is 0.761. The van der Waals surface area contributed by atoms with Crippen LogP contribution in [0, 0.1) is 13.8 Å². The number of amides is 3. The van der Waals surface area contributed by atoms with Crippen LogP contribution in [0.2, 0.25) is 0 Å². The summed E-state index contributed by atoms with van der Waals surface area (Å²) >= 11 is 0. The Morgan fingerprint density at radius 3 is 2.46 bits per heavy atom. The Labute approximate surface area is 141 Å². The van der Waals surface area contributed by atoms with Gasteiger partial charge in [0.1, 0.15) is 11.5 Å². The molecular weight excluding hydrogens is 306 g/mol. The Bertz CT molecular complexity index is 695. The lowest BCUT2D eigenvalue weighted by Crippen LogP contribution is -2.49. The maximum Gasteiger partial charge on any atom is 0.333 e. The van der Waals surface area contributed by atoms with E-state index in [0.29, 0.717) is 17.1 Å². The number of carbonyl (C=O) groups excluding carboxylic acids is 2. The van der Waals surface area contributed by atoms with Crippen molar-refractivity contribution < 1.29 is 14.0 Å². The highest BCUT2D eigenvalue weighted by molar-refractivity contribution is 5.96. The quantitative estimate of drug-likeness (QED) is 0.738. The molecule has 3 N–H and O–H groups in total. The third-order valence-electron chi connectivity index (χ3n) is 3.66. The maximum atomic E-state index is 12.0. The molecule has 6 nitrogen and oxygen atoms in total. The average Bonchev–Trinajstić information content (AvgIpc) is 2.90. The minimum absolute atomic E-state index is 0.0139. The van der Waals surface area contributed by atoms with Crippen molar-refractivity contribution in [2.24, 2.45) is 0 Å². The number of hydrogen-bond donors (Lipinski definition) is 3. The van der Waals surface area contributed by atoms with Gasteiger partial charge in [-0.25, -0.2) is 10.2 Å². The molecule has 0 aliphatic carbocycles. The van der Waals surface area contributed by atoms with E-state index < -0.39 is 11.9 Å². The zero-order chi connectivity index (χ0) is 17.5. The molecule has 6 heteroatoms. The number of hydrazine groups is 1. The van der Waals surface area contributed by atoms with Crippen LogP contribution in [0.25, 0.3) is 0 Å². The molecule has 0 radical (unpaired) electrons. The van der Waals surface area contributed by atoms with E-state index in [1.54, 1.807) is 19.9 Å². The molecule has 0 saturated heterocycles. The van der Waals surface area contributed by atoms with Gasteiger partial charge < -0.3 is 9.73 Å². The van der Waals surface area contributed by atoms with Gasteiger partial charge in [0, 0.05) is 6.04 Å². The van der Waals surface area contributed by atoms with Crippen molar-refractivity contribution >= 4 is 11.9 Å². The fraction of sp³-hybridized carbons (Fsp3) is 0.333. The highest BCUT2D eigenvalue weighted by atomic mass is 16.3. The van der Waals surface area contributed by atoms with Crippen molar-refractivity contribution in [2.75, 3.05) is 0 Å². The van der Waals surface area contributed by atoms with Crippen molar-refractivity contribution in [3.05, 3.63) is 59.0 Å². The van der Waals surface area contributed by atoms with E-state index in [0.717, 1.165) is 12.8 Å². The number of carbonyl (C=O) groups is 2. The number of aryl methyl sites for hydroxylation is 3. The predicted molar refractivity (Wildman–Crippen MR) is 91.5 cm³/mol. The van der Waals surface area contributed by atoms with Gasteiger partial charge in [0.2, 0.25) is 0 Å². The summed E-state index contributed by atoms with van der Waals surface area (Å²) in [6.07, 6.45) is 1.69. The molecule has 24 heavy (non-hydrogen) atoms. The number of urea groups is 1. The van der Waals surface area contributed by atoms with E-state index in [2.05, 4.69) is 28.3 Å². The molecule has 0 spiro atoms. The standard InChI is InChI=1S/C18H23N3O3/c1-12(9-10-15-7-5-4-6-8-15)19-18(23)21-20-17(22)16-11-13(2)24-14(16)3/h4-8,11-12H,9-10H2,1-3H3,(H,20,22)(H2,19,21,23)/t12-/m0/s1. The van der Waals surface area contributed by atoms with Crippen LogP contribution in [0.5, 0.6) is 0 Å². The average molecular weight is 329 g/mol. The van der Waals surface area contributed by atoms with Gasteiger partial charge in [-0.3, -0.25) is 10.2 Å². The second-order valence-corrected chi connectivity index (χ2v) is 5.80. The molecule has 3 amide bonds. The molecule has 1 aromatic heterocycles. The third kappa shape index (κ3) is 5.15. The number of benzene rings is 1. The highest BCUT2D eigenvalue weighted by Gasteiger charge is 2.14. The van der Waals surface area contributed by atoms with Crippen LogP contribution < -0.4 is 16.2 Å². The van der Waals surface area contributed by atoms with E-state index >= 15 is 0 Å². The molecular formula is C18H23N3O3. The summed E-state index contributed by atoms with van der Waals surface area (Å²) in [5, 5.41) is 2.79. The lowest BCUT2D eigenvalue weighted by molar-refractivity contribution is 0.0934. The monoisotopic (exact) mass is 329 g/mol. The van der Waals surface area contributed by atoms with E-state index in [4.69, 9.17) is 4.42 Å². The van der Waals surface area contributed by atoms with Crippen molar-refractivity contribution in [1.82, 2.24) is 16.2 Å². The third-order valence-corrected chi connectivity index (χ3v) is 3.66. The van der Waals surface area contributed by atoms with Crippen LogP contribution in [0.4, 0.5) is 4.79 Å². The molecule has 2 aromatic rings. The first-order valence-corrected chi connectivity index (χ1v) is 7.93. The SMILES string of the molecule is Cc1cc(C(=O)NNC(=O)N[C@@H](C)CCc2ccccc2)c(C)o1. The molecule has 2 rings (SSSR count). The Hall–Kier alpha value is -2.76. The van der Waals surface area contributed by atoms with Gasteiger partial charge in [0.25, 0.3) is 5.91 Å². The van der Waals surface area contributed by atoms with Gasteiger partial charge in [-0.1, -0.05) is 30.3 Å². The van der Waals surface area contributed by atoms with Crippen molar-refractivity contribution in [1.29, 1.82) is 0 Å². The maximum absolute atomic E-state index is 12.0. The first-order chi connectivity index (χ1) is 11.5. The van der Waals surface area contributed by atoms with Crippen LogP contribution >= 0.6 is 0 Å². The molecule has 0 unspecified atom stereocenters. The lowest BCUT2D eigenvalue weighted by atomic mass is 10.1. The van der Waals surface area contributed by atoms with Crippen LogP contribution in [0.1, 0.15) is 40.8 Å². The fourth-order valence-electron chi connectivity index (χ4n) is 2.40. The second-order valence-electron chi connectivity index (χ2n) is 5.80. The Balaban J connectivity index is 1.72. The first-order valence-electron chi connectivity index (χ1n) is 7.93. The second kappa shape index (κ2) is 8.19. The van der Waals surface area contributed by atoms with Gasteiger partial charge in [-0.2, -0.15) is 0 Å². The minimum Gasteiger partial charge on any atom is -0.466 e. The van der Waals surface area contributed by atoms with E-state index in [1.165, 1.54) is 5.56 Å². The topological polar surface area (TPSA) is 83.4 Å². The summed E-state index contributed by atoms with van der Waals surface area (Å²) in [6.45, 7) is 5.39. The Morgan fingerprint density at radius 2 is 1.83 bits per heavy atom. The highest BCUT2D eigenvalue weighted by Crippen LogP contribution is 2.12. The molecule has 128 valence electrons. The number of rotatable bonds is 5. The summed E-state index contributed by atoms with van der Waals surface area (Å²) in [6, 6.07) is 11.3. The van der Waals surface area contributed by atoms with E-state index in [-0.39, 0.29) is 6.04 Å². The van der Waals surface area contributed by atoms with E-state index in [1.807, 2.05) is 25.1 Å². The van der Waals surface area contributed by atoms with Crippen molar-refractivity contribution in [3.8, 4) is 0 Å². The van der Waals surface area contributed by atoms with E-state index in [9.17, 15) is 9.59 Å². The molecule has 1 atom stereocenters.